The molecule has 0 unspecified atom stereocenters. The highest BCUT2D eigenvalue weighted by atomic mass is 32.2. The highest BCUT2D eigenvalue weighted by molar-refractivity contribution is 8.15. The number of aliphatic hydroxyl groups is 2. The number of alkyl carbamates (subject to hydrolysis) is 1. The Hall–Kier alpha value is -6.17. The average Bonchev–Trinajstić information content (AvgIpc) is 4.11. The molecule has 0 spiro atoms. The van der Waals surface area contributed by atoms with Crippen molar-refractivity contribution in [3.05, 3.63) is 82.9 Å². The molecule has 0 radical (unpaired) electrons. The third kappa shape index (κ3) is 15.4. The number of aromatic nitrogens is 1. The van der Waals surface area contributed by atoms with Crippen molar-refractivity contribution in [1.29, 1.82) is 0 Å². The molecule has 22 heteroatoms. The number of thioether (sulfide) groups is 1. The number of hydrogen-bond donors (Lipinski definition) is 10. The molecule has 2 heterocycles. The highest BCUT2D eigenvalue weighted by Crippen LogP contribution is 2.44. The summed E-state index contributed by atoms with van der Waals surface area (Å²) in [7, 11) is 5.42. The van der Waals surface area contributed by atoms with Gasteiger partial charge in [-0.1, -0.05) is 48.5 Å². The number of ether oxygens (including phenoxy) is 1. The normalized spacial score (nSPS) is 16.0. The topological polar surface area (TPSA) is 300 Å². The van der Waals surface area contributed by atoms with Gasteiger partial charge in [0.15, 0.2) is 12.2 Å². The van der Waals surface area contributed by atoms with Crippen LogP contribution < -0.4 is 43.4 Å². The molecule has 1 aliphatic heterocycles. The predicted octanol–water partition coefficient (Wildman–Crippen LogP) is 2.96. The zero-order valence-corrected chi connectivity index (χ0v) is 42.8. The Morgan fingerprint density at radius 2 is 1.44 bits per heavy atom. The Kier molecular flexibility index (Phi) is 20.7. The molecule has 0 saturated heterocycles. The van der Waals surface area contributed by atoms with E-state index in [9.17, 15) is 34.2 Å². The minimum Gasteiger partial charge on any atom is -0.449 e. The summed E-state index contributed by atoms with van der Waals surface area (Å²) in [6.07, 6.45) is 1.16. The first kappa shape index (κ1) is 55.1. The van der Waals surface area contributed by atoms with Crippen molar-refractivity contribution in [2.24, 2.45) is 21.5 Å². The van der Waals surface area contributed by atoms with E-state index in [2.05, 4.69) is 46.9 Å². The largest absolute Gasteiger partial charge is 0.449 e. The number of anilines is 1. The molecule has 0 fully saturated rings. The van der Waals surface area contributed by atoms with E-state index in [-0.39, 0.29) is 37.7 Å². The molecule has 0 saturated carbocycles. The summed E-state index contributed by atoms with van der Waals surface area (Å²) >= 11 is 2.75. The fraction of sp³-hybridized carbons (Fsp3) is 0.480. The lowest BCUT2D eigenvalue weighted by Crippen LogP contribution is -2.57. The molecule has 1 aliphatic carbocycles. The quantitative estimate of drug-likeness (QED) is 0.0187. The van der Waals surface area contributed by atoms with E-state index < -0.39 is 66.2 Å². The number of amides is 5. The molecule has 1 aromatic heterocycles. The molecule has 6 rings (SSSR count). The van der Waals surface area contributed by atoms with Crippen LogP contribution in [0.25, 0.3) is 21.3 Å². The summed E-state index contributed by atoms with van der Waals surface area (Å²) in [5.41, 5.74) is 17.0. The molecule has 5 amide bonds. The fourth-order valence-electron chi connectivity index (χ4n) is 8.39. The van der Waals surface area contributed by atoms with Gasteiger partial charge in [-0.3, -0.25) is 29.2 Å². The second kappa shape index (κ2) is 27.0. The van der Waals surface area contributed by atoms with E-state index in [0.717, 1.165) is 39.9 Å². The first-order chi connectivity index (χ1) is 34.6. The third-order valence-electron chi connectivity index (χ3n) is 12.3. The van der Waals surface area contributed by atoms with Crippen LogP contribution >= 0.6 is 23.1 Å². The second-order valence-electron chi connectivity index (χ2n) is 18.1. The molecule has 388 valence electrons. The van der Waals surface area contributed by atoms with Crippen LogP contribution in [0.2, 0.25) is 0 Å². The van der Waals surface area contributed by atoms with Gasteiger partial charge in [-0.15, -0.1) is 23.1 Å². The van der Waals surface area contributed by atoms with Crippen molar-refractivity contribution < 1.29 is 38.9 Å². The number of nitrogens with one attached hydrogen (secondary N) is 6. The monoisotopic (exact) mass is 1030 g/mol. The lowest BCUT2D eigenvalue weighted by molar-refractivity contribution is -0.133. The summed E-state index contributed by atoms with van der Waals surface area (Å²) in [4.78, 5) is 84.4. The van der Waals surface area contributed by atoms with Crippen molar-refractivity contribution in [2.45, 2.75) is 101 Å². The minimum absolute atomic E-state index is 0.0340. The van der Waals surface area contributed by atoms with E-state index >= 15 is 0 Å². The smallest absolute Gasteiger partial charge is 0.407 e. The Labute approximate surface area is 428 Å². The zero-order valence-electron chi connectivity index (χ0n) is 41.2. The lowest BCUT2D eigenvalue weighted by atomic mass is 9.98. The maximum atomic E-state index is 14.2. The molecule has 0 bridgehead atoms. The van der Waals surface area contributed by atoms with E-state index in [1.807, 2.05) is 67.5 Å². The van der Waals surface area contributed by atoms with Gasteiger partial charge in [0.05, 0.1) is 10.2 Å². The molecule has 20 nitrogen and oxygen atoms in total. The van der Waals surface area contributed by atoms with Gasteiger partial charge in [-0.25, -0.2) is 9.78 Å². The summed E-state index contributed by atoms with van der Waals surface area (Å²) in [6.45, 7) is 3.01. The Morgan fingerprint density at radius 3 is 2.10 bits per heavy atom. The molecule has 4 aromatic rings. The molecule has 2 aliphatic rings. The number of thiazole rings is 1. The van der Waals surface area contributed by atoms with Gasteiger partial charge < -0.3 is 63.2 Å². The number of carbonyl (C=O) groups is 5. The Balaban J connectivity index is 1.10. The Morgan fingerprint density at radius 1 is 0.819 bits per heavy atom. The van der Waals surface area contributed by atoms with Crippen molar-refractivity contribution in [3.63, 3.8) is 0 Å². The number of unbranched alkanes of at least 4 members (excludes halogenated alkanes) is 2. The fourth-order valence-corrected chi connectivity index (χ4v) is 10.5. The van der Waals surface area contributed by atoms with Gasteiger partial charge in [0, 0.05) is 31.0 Å². The molecular weight excluding hydrogens is 961 g/mol. The summed E-state index contributed by atoms with van der Waals surface area (Å²) < 4.78 is 6.54. The maximum Gasteiger partial charge on any atom is 0.407 e. The van der Waals surface area contributed by atoms with Gasteiger partial charge in [0.1, 0.15) is 46.9 Å². The van der Waals surface area contributed by atoms with Crippen molar-refractivity contribution in [3.8, 4) is 11.1 Å². The minimum atomic E-state index is -1.56. The zero-order chi connectivity index (χ0) is 51.7. The van der Waals surface area contributed by atoms with Crippen molar-refractivity contribution in [1.82, 2.24) is 36.5 Å². The van der Waals surface area contributed by atoms with Crippen LogP contribution in [0.15, 0.2) is 76.7 Å². The van der Waals surface area contributed by atoms with Crippen molar-refractivity contribution >= 4 is 79.7 Å². The number of nitrogens with zero attached hydrogens (tertiary/aromatic N) is 4. The van der Waals surface area contributed by atoms with E-state index in [1.54, 1.807) is 25.2 Å². The molecule has 5 atom stereocenters. The Bertz CT molecular complexity index is 2530. The van der Waals surface area contributed by atoms with Crippen LogP contribution in [0.5, 0.6) is 0 Å². The van der Waals surface area contributed by atoms with Crippen LogP contribution in [0.1, 0.15) is 80.3 Å². The number of aliphatic imine (C=N–C) groups is 2. The van der Waals surface area contributed by atoms with Gasteiger partial charge in [0.2, 0.25) is 23.6 Å². The van der Waals surface area contributed by atoms with Gasteiger partial charge in [0.25, 0.3) is 0 Å². The summed E-state index contributed by atoms with van der Waals surface area (Å²) in [5, 5.41) is 37.4. The number of benzene rings is 3. The number of nitrogens with two attached hydrogens (primary N) is 2. The number of aliphatic hydroxyl groups excluding tert-OH is 1. The van der Waals surface area contributed by atoms with Crippen LogP contribution in [0, 0.1) is 0 Å². The van der Waals surface area contributed by atoms with E-state index in [4.69, 9.17) is 16.2 Å². The summed E-state index contributed by atoms with van der Waals surface area (Å²) in [6, 6.07) is 16.2. The lowest BCUT2D eigenvalue weighted by Gasteiger charge is -2.25. The number of carbonyl (C=O) groups excluding carboxylic acids is 5. The van der Waals surface area contributed by atoms with Crippen LogP contribution in [-0.4, -0.2) is 150 Å². The number of rotatable bonds is 26. The molecule has 72 heavy (non-hydrogen) atoms. The van der Waals surface area contributed by atoms with Gasteiger partial charge >= 0.3 is 6.09 Å². The number of guanidine groups is 1. The van der Waals surface area contributed by atoms with Gasteiger partial charge in [-0.2, -0.15) is 0 Å². The predicted molar refractivity (Wildman–Crippen MR) is 283 cm³/mol. The SMILES string of the molecule is CN=C(N)NCCC[C@H](NC(=O)OCC1c2ccccc2-c2ccccc21)C(=O)N[C@@H](C)C(=O)N[C@@H](CCCCN(C)C)C(=O)N[C@@H](CCCCN)C(=O)Nc1ccc2nc(C3=N[C@@H](C(O)O)CS3)sc2c1. The van der Waals surface area contributed by atoms with E-state index in [0.29, 0.717) is 65.8 Å². The van der Waals surface area contributed by atoms with Crippen LogP contribution in [0.4, 0.5) is 10.5 Å². The maximum absolute atomic E-state index is 14.2. The van der Waals surface area contributed by atoms with Crippen LogP contribution in [-0.2, 0) is 23.9 Å². The number of hydrogen-bond acceptors (Lipinski definition) is 15. The standard InChI is InChI=1S/C50H68N12O8S2/c1-29(55-43(64)39(20-13-24-54-49(52)53-2)61-50(69)70-27-35-33-16-7-5-14-31(33)32-15-6-8-17-34(32)35)42(63)57-38(19-10-12-25-62(3)4)45(66)58-37(18-9-11-23-51)44(65)56-30-21-22-36-41(26-30)72-47(59-36)46-60-40(28-71-46)48(67)68/h5-8,14-17,21-22,26,29,35,37-40,48,67-68H,9-13,18-20,23-25,27-28,51H2,1-4H3,(H,55,64)(H,56,65)(H,57,63)(H,58,66)(H,61,69)(H3,52,53,54)/t29-,37-,38-,39-,40+/m0/s1. The highest BCUT2D eigenvalue weighted by Gasteiger charge is 2.33. The first-order valence-corrected chi connectivity index (χ1v) is 26.1. The average molecular weight is 1030 g/mol. The van der Waals surface area contributed by atoms with Crippen molar-refractivity contribution in [2.75, 3.05) is 58.5 Å². The van der Waals surface area contributed by atoms with E-state index in [1.165, 1.54) is 30.0 Å². The summed E-state index contributed by atoms with van der Waals surface area (Å²) in [5.74, 6) is -1.87. The molecule has 12 N–H and O–H groups in total. The van der Waals surface area contributed by atoms with Gasteiger partial charge in [-0.05, 0) is 126 Å². The molecular formula is C50H68N12O8S2. The molecule has 3 aromatic carbocycles. The second-order valence-corrected chi connectivity index (χ2v) is 20.1. The van der Waals surface area contributed by atoms with Crippen LogP contribution in [0.3, 0.4) is 0 Å². The third-order valence-corrected chi connectivity index (χ3v) is 14.6. The first-order valence-electron chi connectivity index (χ1n) is 24.3. The number of fused-ring (bicyclic) bond motifs is 4.